The predicted octanol–water partition coefficient (Wildman–Crippen LogP) is 5.67. The second-order valence-electron chi connectivity index (χ2n) is 8.02. The molecule has 0 fully saturated rings. The van der Waals surface area contributed by atoms with Crippen molar-refractivity contribution in [3.8, 4) is 11.5 Å². The van der Waals surface area contributed by atoms with E-state index in [9.17, 15) is 9.59 Å². The number of nitrogens with one attached hydrogen (secondary N) is 1. The quantitative estimate of drug-likeness (QED) is 0.256. The summed E-state index contributed by atoms with van der Waals surface area (Å²) in [5.41, 5.74) is 1.46. The zero-order valence-electron chi connectivity index (χ0n) is 20.2. The first kappa shape index (κ1) is 26.4. The van der Waals surface area contributed by atoms with Gasteiger partial charge in [-0.1, -0.05) is 40.5 Å². The highest BCUT2D eigenvalue weighted by molar-refractivity contribution is 9.10. The Labute approximate surface area is 227 Å². The summed E-state index contributed by atoms with van der Waals surface area (Å²) in [7, 11) is 1.51. The average Bonchev–Trinajstić information content (AvgIpc) is 2.89. The van der Waals surface area contributed by atoms with Gasteiger partial charge in [-0.25, -0.2) is 4.98 Å². The van der Waals surface area contributed by atoms with Crippen molar-refractivity contribution in [3.05, 3.63) is 91.9 Å². The largest absolute Gasteiger partial charge is 0.493 e. The number of halogens is 2. The molecule has 4 aromatic rings. The summed E-state index contributed by atoms with van der Waals surface area (Å²) >= 11 is 9.31. The first-order valence-electron chi connectivity index (χ1n) is 11.5. The Morgan fingerprint density at radius 3 is 2.70 bits per heavy atom. The number of nitrogens with zero attached hydrogens (tertiary/aromatic N) is 3. The molecule has 0 spiro atoms. The molecule has 1 amide bonds. The maximum Gasteiger partial charge on any atom is 0.282 e. The van der Waals surface area contributed by atoms with E-state index in [0.717, 1.165) is 10.9 Å². The number of carbonyl (C=O) groups is 1. The molecule has 8 nitrogen and oxygen atoms in total. The van der Waals surface area contributed by atoms with Gasteiger partial charge in [0.25, 0.3) is 11.5 Å². The van der Waals surface area contributed by atoms with Crippen LogP contribution >= 0.6 is 27.5 Å². The van der Waals surface area contributed by atoms with Crippen LogP contribution in [-0.4, -0.2) is 35.5 Å². The van der Waals surface area contributed by atoms with E-state index in [2.05, 4.69) is 31.3 Å². The van der Waals surface area contributed by atoms with Crippen molar-refractivity contribution in [1.29, 1.82) is 0 Å². The molecule has 0 aliphatic rings. The molecule has 0 aliphatic heterocycles. The summed E-state index contributed by atoms with van der Waals surface area (Å²) < 4.78 is 13.4. The van der Waals surface area contributed by atoms with Gasteiger partial charge in [0.1, 0.15) is 5.82 Å². The smallest absolute Gasteiger partial charge is 0.282 e. The molecule has 0 atom stereocenters. The first-order valence-corrected chi connectivity index (χ1v) is 12.7. The Hall–Kier alpha value is -3.69. The third-order valence-electron chi connectivity index (χ3n) is 5.37. The summed E-state index contributed by atoms with van der Waals surface area (Å²) in [6, 6.07) is 17.4. The molecule has 190 valence electrons. The third kappa shape index (κ3) is 6.36. The maximum atomic E-state index is 13.3. The Bertz CT molecular complexity index is 1520. The fourth-order valence-corrected chi connectivity index (χ4v) is 4.12. The fourth-order valence-electron chi connectivity index (χ4n) is 3.64. The van der Waals surface area contributed by atoms with Gasteiger partial charge in [-0.15, -0.1) is 0 Å². The monoisotopic (exact) mass is 582 g/mol. The Kier molecular flexibility index (Phi) is 8.58. The number of hydrogen-bond donors (Lipinski definition) is 1. The summed E-state index contributed by atoms with van der Waals surface area (Å²) in [6.07, 6.45) is 2.87. The lowest BCUT2D eigenvalue weighted by Crippen LogP contribution is -2.22. The highest BCUT2D eigenvalue weighted by atomic mass is 79.9. The van der Waals surface area contributed by atoms with Gasteiger partial charge in [0.05, 0.1) is 24.2 Å². The number of amides is 1. The Balaban J connectivity index is 1.63. The van der Waals surface area contributed by atoms with Crippen LogP contribution in [0.25, 0.3) is 10.9 Å². The lowest BCUT2D eigenvalue weighted by atomic mass is 10.2. The van der Waals surface area contributed by atoms with Crippen LogP contribution in [0.2, 0.25) is 5.02 Å². The van der Waals surface area contributed by atoms with Gasteiger partial charge in [-0.05, 0) is 61.0 Å². The summed E-state index contributed by atoms with van der Waals surface area (Å²) in [5, 5.41) is 8.24. The van der Waals surface area contributed by atoms with Crippen molar-refractivity contribution in [1.82, 2.24) is 9.66 Å². The highest BCUT2D eigenvalue weighted by Crippen LogP contribution is 2.30. The highest BCUT2D eigenvalue weighted by Gasteiger charge is 2.14. The van der Waals surface area contributed by atoms with E-state index in [4.69, 9.17) is 21.1 Å². The molecule has 0 aliphatic carbocycles. The number of anilines is 1. The van der Waals surface area contributed by atoms with E-state index in [1.807, 2.05) is 13.0 Å². The molecule has 1 aromatic heterocycles. The number of hydrogen-bond acceptors (Lipinski definition) is 6. The van der Waals surface area contributed by atoms with E-state index in [1.54, 1.807) is 54.6 Å². The van der Waals surface area contributed by atoms with Crippen LogP contribution in [0.4, 0.5) is 5.69 Å². The van der Waals surface area contributed by atoms with E-state index in [-0.39, 0.29) is 18.1 Å². The predicted molar refractivity (Wildman–Crippen MR) is 149 cm³/mol. The van der Waals surface area contributed by atoms with Crippen molar-refractivity contribution in [2.24, 2.45) is 5.10 Å². The van der Waals surface area contributed by atoms with Crippen molar-refractivity contribution >= 4 is 56.2 Å². The lowest BCUT2D eigenvalue weighted by Gasteiger charge is -2.13. The molecule has 37 heavy (non-hydrogen) atoms. The van der Waals surface area contributed by atoms with Crippen molar-refractivity contribution in [2.75, 3.05) is 19.0 Å². The first-order chi connectivity index (χ1) is 17.9. The molecule has 3 aromatic carbocycles. The van der Waals surface area contributed by atoms with Crippen LogP contribution in [0.3, 0.4) is 0 Å². The molecular weight excluding hydrogens is 560 g/mol. The van der Waals surface area contributed by atoms with Crippen molar-refractivity contribution < 1.29 is 14.3 Å². The van der Waals surface area contributed by atoms with Gasteiger partial charge in [0.2, 0.25) is 0 Å². The summed E-state index contributed by atoms with van der Waals surface area (Å²) in [6.45, 7) is 1.74. The lowest BCUT2D eigenvalue weighted by molar-refractivity contribution is -0.118. The normalized spacial score (nSPS) is 11.1. The number of methoxy groups -OCH3 is 1. The SMILES string of the molecule is CCCc1nc2ccc(Br)cc2c(=O)n1N=Cc1cccc(OC)c1OCC(=O)Nc1ccc(Cl)cc1. The zero-order chi connectivity index (χ0) is 26.4. The summed E-state index contributed by atoms with van der Waals surface area (Å²) in [4.78, 5) is 30.4. The standard InChI is InChI=1S/C27H24BrClN4O4/c1-3-5-24-32-22-13-8-18(28)14-21(22)27(35)33(24)30-15-17-6-4-7-23(36-2)26(17)37-16-25(34)31-20-11-9-19(29)10-12-20/h4,6-15H,3,5,16H2,1-2H3,(H,31,34). The minimum absolute atomic E-state index is 0.267. The second-order valence-corrected chi connectivity index (χ2v) is 9.38. The molecule has 0 saturated heterocycles. The molecule has 0 unspecified atom stereocenters. The van der Waals surface area contributed by atoms with Crippen LogP contribution in [0.5, 0.6) is 11.5 Å². The molecule has 0 radical (unpaired) electrons. The number of ether oxygens (including phenoxy) is 2. The molecule has 0 bridgehead atoms. The number of fused-ring (bicyclic) bond motifs is 1. The van der Waals surface area contributed by atoms with E-state index in [1.165, 1.54) is 18.0 Å². The number of rotatable bonds is 9. The van der Waals surface area contributed by atoms with Crippen LogP contribution in [0.1, 0.15) is 24.7 Å². The van der Waals surface area contributed by atoms with Crippen LogP contribution in [0.15, 0.2) is 75.0 Å². The molecule has 1 heterocycles. The third-order valence-corrected chi connectivity index (χ3v) is 6.11. The molecule has 4 rings (SSSR count). The zero-order valence-corrected chi connectivity index (χ0v) is 22.5. The minimum atomic E-state index is -0.359. The topological polar surface area (TPSA) is 94.8 Å². The number of aromatic nitrogens is 2. The van der Waals surface area contributed by atoms with Gasteiger partial charge < -0.3 is 14.8 Å². The van der Waals surface area contributed by atoms with Gasteiger partial charge in [-0.3, -0.25) is 9.59 Å². The second kappa shape index (κ2) is 12.0. The van der Waals surface area contributed by atoms with Crippen LogP contribution in [-0.2, 0) is 11.2 Å². The van der Waals surface area contributed by atoms with Crippen molar-refractivity contribution in [3.63, 3.8) is 0 Å². The number of carbonyl (C=O) groups excluding carboxylic acids is 1. The van der Waals surface area contributed by atoms with Crippen LogP contribution in [0, 0.1) is 0 Å². The number of benzene rings is 3. The van der Waals surface area contributed by atoms with E-state index < -0.39 is 0 Å². The molecule has 1 N–H and O–H groups in total. The molecule has 10 heteroatoms. The fraction of sp³-hybridized carbons (Fsp3) is 0.185. The number of para-hydroxylation sites is 1. The minimum Gasteiger partial charge on any atom is -0.493 e. The average molecular weight is 584 g/mol. The maximum absolute atomic E-state index is 13.3. The molecular formula is C27H24BrClN4O4. The summed E-state index contributed by atoms with van der Waals surface area (Å²) in [5.74, 6) is 0.930. The number of aryl methyl sites for hydroxylation is 1. The van der Waals surface area contributed by atoms with Crippen LogP contribution < -0.4 is 20.3 Å². The van der Waals surface area contributed by atoms with Crippen molar-refractivity contribution in [2.45, 2.75) is 19.8 Å². The van der Waals surface area contributed by atoms with Gasteiger partial charge in [-0.2, -0.15) is 9.78 Å². The van der Waals surface area contributed by atoms with E-state index >= 15 is 0 Å². The van der Waals surface area contributed by atoms with E-state index in [0.29, 0.717) is 50.9 Å². The van der Waals surface area contributed by atoms with Gasteiger partial charge >= 0.3 is 0 Å². The molecule has 0 saturated carbocycles. The Morgan fingerprint density at radius 2 is 1.97 bits per heavy atom. The van der Waals surface area contributed by atoms with Gasteiger partial charge in [0.15, 0.2) is 18.1 Å². The van der Waals surface area contributed by atoms with Gasteiger partial charge in [0, 0.05) is 27.2 Å². The Morgan fingerprint density at radius 1 is 1.19 bits per heavy atom.